The van der Waals surface area contributed by atoms with Crippen LogP contribution in [-0.2, 0) is 0 Å². The van der Waals surface area contributed by atoms with Crippen LogP contribution in [-0.4, -0.2) is 11.3 Å². The lowest BCUT2D eigenvalue weighted by Crippen LogP contribution is -2.31. The van der Waals surface area contributed by atoms with E-state index in [1.165, 1.54) is 4.90 Å². The number of benzene rings is 1. The largest absolute Gasteiger partial charge is 0.329 e. The monoisotopic (exact) mass is 239 g/mol. The van der Waals surface area contributed by atoms with Crippen molar-refractivity contribution in [3.8, 4) is 0 Å². The van der Waals surface area contributed by atoms with Crippen LogP contribution in [0.3, 0.4) is 0 Å². The first-order valence-electron chi connectivity index (χ1n) is 5.04. The van der Waals surface area contributed by atoms with Gasteiger partial charge in [0, 0.05) is 21.2 Å². The number of nitrogens with two attached hydrogens (primary N) is 1. The van der Waals surface area contributed by atoms with Gasteiger partial charge in [0.1, 0.15) is 0 Å². The molecule has 0 saturated carbocycles. The fraction of sp³-hybridized carbons (Fsp3) is 0.333. The van der Waals surface area contributed by atoms with Gasteiger partial charge in [-0.3, -0.25) is 0 Å². The van der Waals surface area contributed by atoms with Crippen molar-refractivity contribution >= 4 is 23.4 Å². The molecule has 1 nitrogen and oxygen atoms in total. The van der Waals surface area contributed by atoms with E-state index in [0.717, 1.165) is 17.9 Å². The van der Waals surface area contributed by atoms with Crippen molar-refractivity contribution in [1.29, 1.82) is 0 Å². The third kappa shape index (κ3) is 2.57. The molecular formula is C12H14ClNS. The second-order valence-electron chi connectivity index (χ2n) is 3.82. The van der Waals surface area contributed by atoms with Gasteiger partial charge in [-0.05, 0) is 37.1 Å². The molecule has 0 amide bonds. The fourth-order valence-electron chi connectivity index (χ4n) is 1.72. The molecule has 0 radical (unpaired) electrons. The smallest absolute Gasteiger partial charge is 0.0406 e. The Morgan fingerprint density at radius 2 is 1.80 bits per heavy atom. The van der Waals surface area contributed by atoms with Gasteiger partial charge in [-0.1, -0.05) is 23.8 Å². The van der Waals surface area contributed by atoms with Crippen LogP contribution in [0.5, 0.6) is 0 Å². The van der Waals surface area contributed by atoms with Crippen molar-refractivity contribution in [3.05, 3.63) is 41.4 Å². The Balaban J connectivity index is 2.10. The maximum Gasteiger partial charge on any atom is 0.0406 e. The minimum Gasteiger partial charge on any atom is -0.329 e. The van der Waals surface area contributed by atoms with E-state index in [1.807, 2.05) is 23.9 Å². The highest BCUT2D eigenvalue weighted by Crippen LogP contribution is 2.41. The quantitative estimate of drug-likeness (QED) is 0.818. The van der Waals surface area contributed by atoms with Gasteiger partial charge >= 0.3 is 0 Å². The van der Waals surface area contributed by atoms with Gasteiger partial charge in [0.25, 0.3) is 0 Å². The average Bonchev–Trinajstić information content (AvgIpc) is 2.71. The summed E-state index contributed by atoms with van der Waals surface area (Å²) in [6.07, 6.45) is 6.57. The van der Waals surface area contributed by atoms with E-state index in [1.54, 1.807) is 0 Å². The van der Waals surface area contributed by atoms with Crippen LogP contribution >= 0.6 is 23.4 Å². The highest BCUT2D eigenvalue weighted by molar-refractivity contribution is 8.00. The molecule has 0 atom stereocenters. The van der Waals surface area contributed by atoms with Gasteiger partial charge in [-0.2, -0.15) is 0 Å². The highest BCUT2D eigenvalue weighted by atomic mass is 35.5. The molecule has 1 aromatic rings. The van der Waals surface area contributed by atoms with E-state index in [9.17, 15) is 0 Å². The van der Waals surface area contributed by atoms with Crippen LogP contribution in [0.4, 0.5) is 0 Å². The third-order valence-corrected chi connectivity index (χ3v) is 4.36. The normalized spacial score (nSPS) is 18.3. The van der Waals surface area contributed by atoms with Crippen LogP contribution < -0.4 is 5.73 Å². The van der Waals surface area contributed by atoms with Crippen LogP contribution in [0.15, 0.2) is 41.3 Å². The summed E-state index contributed by atoms with van der Waals surface area (Å²) in [6, 6.07) is 7.97. The topological polar surface area (TPSA) is 26.0 Å². The summed E-state index contributed by atoms with van der Waals surface area (Å²) in [7, 11) is 0. The number of hydrogen-bond donors (Lipinski definition) is 1. The van der Waals surface area contributed by atoms with Crippen molar-refractivity contribution < 1.29 is 0 Å². The number of thioether (sulfide) groups is 1. The first-order valence-corrected chi connectivity index (χ1v) is 6.23. The van der Waals surface area contributed by atoms with Gasteiger partial charge in [-0.25, -0.2) is 0 Å². The molecule has 3 heteroatoms. The van der Waals surface area contributed by atoms with Crippen molar-refractivity contribution in [2.45, 2.75) is 22.5 Å². The lowest BCUT2D eigenvalue weighted by Gasteiger charge is -2.26. The van der Waals surface area contributed by atoms with Gasteiger partial charge in [0.2, 0.25) is 0 Å². The fourth-order valence-corrected chi connectivity index (χ4v) is 3.06. The zero-order valence-electron chi connectivity index (χ0n) is 8.45. The molecule has 2 N–H and O–H groups in total. The zero-order chi connectivity index (χ0) is 10.7. The third-order valence-electron chi connectivity index (χ3n) is 2.67. The Bertz CT molecular complexity index is 350. The standard InChI is InChI=1S/C12H14ClNS/c13-10-3-5-11(6-4-10)15-12(9-14)7-1-2-8-12/h1-6H,7-9,14H2. The van der Waals surface area contributed by atoms with Crippen molar-refractivity contribution in [1.82, 2.24) is 0 Å². The first-order chi connectivity index (χ1) is 7.24. The summed E-state index contributed by atoms with van der Waals surface area (Å²) >= 11 is 7.71. The summed E-state index contributed by atoms with van der Waals surface area (Å²) in [5.74, 6) is 0. The van der Waals surface area contributed by atoms with E-state index in [4.69, 9.17) is 17.3 Å². The lowest BCUT2D eigenvalue weighted by molar-refractivity contribution is 0.641. The summed E-state index contributed by atoms with van der Waals surface area (Å²) in [5.41, 5.74) is 5.86. The lowest BCUT2D eigenvalue weighted by atomic mass is 10.1. The number of rotatable bonds is 3. The van der Waals surface area contributed by atoms with E-state index >= 15 is 0 Å². The van der Waals surface area contributed by atoms with E-state index in [2.05, 4.69) is 24.3 Å². The predicted octanol–water partition coefficient (Wildman–Crippen LogP) is 3.48. The molecule has 0 aromatic heterocycles. The number of allylic oxidation sites excluding steroid dienone is 2. The van der Waals surface area contributed by atoms with Crippen molar-refractivity contribution in [2.24, 2.45) is 5.73 Å². The molecule has 0 fully saturated rings. The van der Waals surface area contributed by atoms with Crippen LogP contribution in [0.2, 0.25) is 5.02 Å². The van der Waals surface area contributed by atoms with Gasteiger partial charge in [0.15, 0.2) is 0 Å². The molecule has 1 aliphatic carbocycles. The summed E-state index contributed by atoms with van der Waals surface area (Å²) in [4.78, 5) is 1.24. The minimum absolute atomic E-state index is 0.174. The summed E-state index contributed by atoms with van der Waals surface area (Å²) in [5, 5.41) is 0.783. The highest BCUT2D eigenvalue weighted by Gasteiger charge is 2.30. The predicted molar refractivity (Wildman–Crippen MR) is 67.5 cm³/mol. The maximum atomic E-state index is 5.86. The Hall–Kier alpha value is -0.440. The first kappa shape index (κ1) is 11.1. The molecule has 2 rings (SSSR count). The molecule has 15 heavy (non-hydrogen) atoms. The van der Waals surface area contributed by atoms with Gasteiger partial charge in [-0.15, -0.1) is 11.8 Å². The average molecular weight is 240 g/mol. The molecule has 1 aromatic carbocycles. The Morgan fingerprint density at radius 1 is 1.20 bits per heavy atom. The molecule has 0 unspecified atom stereocenters. The van der Waals surface area contributed by atoms with Crippen LogP contribution in [0, 0.1) is 0 Å². The van der Waals surface area contributed by atoms with Crippen molar-refractivity contribution in [3.63, 3.8) is 0 Å². The Labute approximate surface area is 99.7 Å². The maximum absolute atomic E-state index is 5.86. The zero-order valence-corrected chi connectivity index (χ0v) is 10.0. The summed E-state index contributed by atoms with van der Waals surface area (Å²) in [6.45, 7) is 0.716. The number of hydrogen-bond acceptors (Lipinski definition) is 2. The SMILES string of the molecule is NCC1(Sc2ccc(Cl)cc2)CC=CC1. The van der Waals surface area contributed by atoms with E-state index in [-0.39, 0.29) is 4.75 Å². The Kier molecular flexibility index (Phi) is 3.39. The van der Waals surface area contributed by atoms with Crippen molar-refractivity contribution in [2.75, 3.05) is 6.54 Å². The minimum atomic E-state index is 0.174. The molecular weight excluding hydrogens is 226 g/mol. The van der Waals surface area contributed by atoms with Gasteiger partial charge in [0.05, 0.1) is 0 Å². The second kappa shape index (κ2) is 4.60. The van der Waals surface area contributed by atoms with E-state index in [0.29, 0.717) is 6.54 Å². The molecule has 0 saturated heterocycles. The summed E-state index contributed by atoms with van der Waals surface area (Å²) < 4.78 is 0.174. The molecule has 0 aliphatic heterocycles. The van der Waals surface area contributed by atoms with E-state index < -0.39 is 0 Å². The molecule has 80 valence electrons. The van der Waals surface area contributed by atoms with Gasteiger partial charge < -0.3 is 5.73 Å². The second-order valence-corrected chi connectivity index (χ2v) is 5.80. The van der Waals surface area contributed by atoms with Crippen LogP contribution in [0.25, 0.3) is 0 Å². The molecule has 0 heterocycles. The molecule has 0 spiro atoms. The molecule has 1 aliphatic rings. The Morgan fingerprint density at radius 3 is 2.33 bits per heavy atom. The number of halogens is 1. The van der Waals surface area contributed by atoms with Crippen LogP contribution in [0.1, 0.15) is 12.8 Å². The molecule has 0 bridgehead atoms.